The van der Waals surface area contributed by atoms with Crippen LogP contribution in [0.15, 0.2) is 261 Å². The molecule has 0 N–H and O–H groups in total. The Bertz CT molecular complexity index is 3370. The summed E-state index contributed by atoms with van der Waals surface area (Å²) < 4.78 is 0. The monoisotopic (exact) mass is 801 g/mol. The van der Waals surface area contributed by atoms with Crippen molar-refractivity contribution in [3.05, 3.63) is 261 Å². The lowest BCUT2D eigenvalue weighted by Gasteiger charge is -2.29. The van der Waals surface area contributed by atoms with Crippen molar-refractivity contribution in [1.82, 2.24) is 0 Å². The molecule has 63 heavy (non-hydrogen) atoms. The summed E-state index contributed by atoms with van der Waals surface area (Å²) in [5.41, 5.74) is 17.6. The van der Waals surface area contributed by atoms with Crippen LogP contribution < -0.4 is 4.90 Å². The van der Waals surface area contributed by atoms with Gasteiger partial charge in [0.25, 0.3) is 0 Å². The number of para-hydroxylation sites is 1. The van der Waals surface area contributed by atoms with E-state index in [2.05, 4.69) is 266 Å². The molecule has 0 saturated carbocycles. The molecule has 0 heterocycles. The number of fused-ring (bicyclic) bond motifs is 2. The molecule has 0 spiro atoms. The second-order valence-corrected chi connectivity index (χ2v) is 16.0. The van der Waals surface area contributed by atoms with E-state index in [4.69, 9.17) is 0 Å². The third kappa shape index (κ3) is 7.26. The second kappa shape index (κ2) is 16.7. The van der Waals surface area contributed by atoms with Gasteiger partial charge in [0.15, 0.2) is 0 Å². The fourth-order valence-corrected chi connectivity index (χ4v) is 9.28. The van der Waals surface area contributed by atoms with E-state index in [1.54, 1.807) is 0 Å². The third-order valence-corrected chi connectivity index (χ3v) is 12.3. The average Bonchev–Trinajstić information content (AvgIpc) is 3.37. The van der Waals surface area contributed by atoms with E-state index < -0.39 is 0 Å². The number of hydrogen-bond acceptors (Lipinski definition) is 1. The van der Waals surface area contributed by atoms with Crippen molar-refractivity contribution < 1.29 is 0 Å². The lowest BCUT2D eigenvalue weighted by molar-refractivity contribution is 1.28. The zero-order valence-electron chi connectivity index (χ0n) is 34.8. The predicted octanol–water partition coefficient (Wildman–Crippen LogP) is 17.5. The first kappa shape index (κ1) is 37.7. The molecule has 1 heteroatoms. The van der Waals surface area contributed by atoms with Gasteiger partial charge in [0.1, 0.15) is 0 Å². The van der Waals surface area contributed by atoms with Crippen LogP contribution in [0.25, 0.3) is 88.3 Å². The molecule has 296 valence electrons. The summed E-state index contributed by atoms with van der Waals surface area (Å²) in [7, 11) is 0. The van der Waals surface area contributed by atoms with E-state index in [-0.39, 0.29) is 0 Å². The van der Waals surface area contributed by atoms with Gasteiger partial charge < -0.3 is 4.90 Å². The molecule has 11 aromatic rings. The van der Waals surface area contributed by atoms with Crippen LogP contribution in [0, 0.1) is 0 Å². The Morgan fingerprint density at radius 2 is 0.603 bits per heavy atom. The first-order valence-electron chi connectivity index (χ1n) is 21.7. The van der Waals surface area contributed by atoms with Crippen molar-refractivity contribution in [2.75, 3.05) is 4.90 Å². The summed E-state index contributed by atoms with van der Waals surface area (Å²) in [6.07, 6.45) is 0. The fourth-order valence-electron chi connectivity index (χ4n) is 9.28. The molecule has 11 aromatic carbocycles. The van der Waals surface area contributed by atoms with Crippen molar-refractivity contribution in [1.29, 1.82) is 0 Å². The molecule has 0 saturated heterocycles. The van der Waals surface area contributed by atoms with Crippen LogP contribution in [0.1, 0.15) is 0 Å². The maximum atomic E-state index is 2.43. The Kier molecular flexibility index (Phi) is 9.97. The van der Waals surface area contributed by atoms with Crippen molar-refractivity contribution in [3.8, 4) is 66.8 Å². The highest BCUT2D eigenvalue weighted by Gasteiger charge is 2.21. The summed E-state index contributed by atoms with van der Waals surface area (Å²) in [4.78, 5) is 2.43. The molecular formula is C62H43N. The van der Waals surface area contributed by atoms with Gasteiger partial charge in [-0.25, -0.2) is 0 Å². The molecule has 0 fully saturated rings. The molecule has 0 atom stereocenters. The molecule has 0 aliphatic rings. The number of nitrogens with zero attached hydrogens (tertiary/aromatic N) is 1. The number of hydrogen-bond donors (Lipinski definition) is 0. The van der Waals surface area contributed by atoms with Crippen LogP contribution in [0.5, 0.6) is 0 Å². The largest absolute Gasteiger partial charge is 0.310 e. The SMILES string of the molecule is c1ccc(-c2ccc(-c3ccccc3-c3ccccc3-c3ccccc3N(c3ccc(-c4cccc5ccccc45)cc3)c3cccc(-c4cccc5ccccc45)c3)cc2)cc1. The van der Waals surface area contributed by atoms with E-state index in [0.29, 0.717) is 0 Å². The van der Waals surface area contributed by atoms with E-state index in [1.807, 2.05) is 0 Å². The summed E-state index contributed by atoms with van der Waals surface area (Å²) in [5.74, 6) is 0. The molecule has 0 aliphatic carbocycles. The second-order valence-electron chi connectivity index (χ2n) is 16.0. The van der Waals surface area contributed by atoms with E-state index in [9.17, 15) is 0 Å². The predicted molar refractivity (Wildman–Crippen MR) is 269 cm³/mol. The summed E-state index contributed by atoms with van der Waals surface area (Å²) in [6, 6.07) is 94.7. The molecule has 0 unspecified atom stereocenters. The number of anilines is 3. The van der Waals surface area contributed by atoms with Gasteiger partial charge in [-0.1, -0.05) is 231 Å². The highest BCUT2D eigenvalue weighted by atomic mass is 15.1. The molecule has 0 amide bonds. The van der Waals surface area contributed by atoms with Gasteiger partial charge in [-0.05, 0) is 113 Å². The van der Waals surface area contributed by atoms with Crippen molar-refractivity contribution in [2.45, 2.75) is 0 Å². The lowest BCUT2D eigenvalue weighted by Crippen LogP contribution is -2.11. The van der Waals surface area contributed by atoms with Crippen LogP contribution in [-0.2, 0) is 0 Å². The molecule has 1 nitrogen and oxygen atoms in total. The highest BCUT2D eigenvalue weighted by molar-refractivity contribution is 6.01. The lowest BCUT2D eigenvalue weighted by atomic mass is 9.88. The van der Waals surface area contributed by atoms with E-state index in [1.165, 1.54) is 82.7 Å². The van der Waals surface area contributed by atoms with Crippen LogP contribution in [-0.4, -0.2) is 0 Å². The maximum Gasteiger partial charge on any atom is 0.0540 e. The minimum atomic E-state index is 1.08. The Labute approximate surface area is 369 Å². The van der Waals surface area contributed by atoms with Gasteiger partial charge in [-0.3, -0.25) is 0 Å². The highest BCUT2D eigenvalue weighted by Crippen LogP contribution is 2.46. The quantitative estimate of drug-likeness (QED) is 0.141. The van der Waals surface area contributed by atoms with Crippen LogP contribution in [0.3, 0.4) is 0 Å². The minimum absolute atomic E-state index is 1.08. The van der Waals surface area contributed by atoms with Gasteiger partial charge >= 0.3 is 0 Å². The van der Waals surface area contributed by atoms with Gasteiger partial charge in [-0.2, -0.15) is 0 Å². The first-order chi connectivity index (χ1) is 31.3. The number of rotatable bonds is 9. The molecule has 0 radical (unpaired) electrons. The third-order valence-electron chi connectivity index (χ3n) is 12.3. The van der Waals surface area contributed by atoms with Crippen LogP contribution >= 0.6 is 0 Å². The molecule has 0 bridgehead atoms. The van der Waals surface area contributed by atoms with Crippen molar-refractivity contribution in [3.63, 3.8) is 0 Å². The Hall–Kier alpha value is -8.26. The van der Waals surface area contributed by atoms with E-state index in [0.717, 1.165) is 22.6 Å². The summed E-state index contributed by atoms with van der Waals surface area (Å²) >= 11 is 0. The number of benzene rings is 11. The Morgan fingerprint density at radius 3 is 1.27 bits per heavy atom. The Balaban J connectivity index is 1.06. The van der Waals surface area contributed by atoms with E-state index >= 15 is 0 Å². The molecule has 11 rings (SSSR count). The fraction of sp³-hybridized carbons (Fsp3) is 0. The average molecular weight is 802 g/mol. The van der Waals surface area contributed by atoms with Gasteiger partial charge in [-0.15, -0.1) is 0 Å². The molecular weight excluding hydrogens is 759 g/mol. The smallest absolute Gasteiger partial charge is 0.0540 e. The van der Waals surface area contributed by atoms with Crippen LogP contribution in [0.2, 0.25) is 0 Å². The zero-order chi connectivity index (χ0) is 42.0. The van der Waals surface area contributed by atoms with Crippen molar-refractivity contribution >= 4 is 38.6 Å². The first-order valence-corrected chi connectivity index (χ1v) is 21.7. The standard InChI is InChI=1S/C62H43N/c1-2-17-44(18-3-1)45-35-37-48(38-36-45)56-27-8-9-28-58(56)59-29-10-11-30-60(59)61-31-12-13-34-62(61)63(51-41-39-49(40-42-51)55-32-15-21-46-19-4-6-25-53(46)55)52-24-14-23-50(43-52)57-33-16-22-47-20-5-7-26-54(47)57/h1-43H. The van der Waals surface area contributed by atoms with Gasteiger partial charge in [0.05, 0.1) is 5.69 Å². The zero-order valence-corrected chi connectivity index (χ0v) is 34.8. The van der Waals surface area contributed by atoms with Gasteiger partial charge in [0.2, 0.25) is 0 Å². The minimum Gasteiger partial charge on any atom is -0.310 e. The molecule has 0 aliphatic heterocycles. The van der Waals surface area contributed by atoms with Crippen LogP contribution in [0.4, 0.5) is 17.1 Å². The summed E-state index contributed by atoms with van der Waals surface area (Å²) in [6.45, 7) is 0. The maximum absolute atomic E-state index is 2.43. The van der Waals surface area contributed by atoms with Gasteiger partial charge in [0, 0.05) is 16.9 Å². The van der Waals surface area contributed by atoms with Crippen molar-refractivity contribution in [2.24, 2.45) is 0 Å². The Morgan fingerprint density at radius 1 is 0.206 bits per heavy atom. The molecule has 0 aromatic heterocycles. The topological polar surface area (TPSA) is 3.24 Å². The summed E-state index contributed by atoms with van der Waals surface area (Å²) in [5, 5.41) is 4.97. The normalized spacial score (nSPS) is 11.2.